The van der Waals surface area contributed by atoms with Crippen molar-refractivity contribution in [3.05, 3.63) is 59.8 Å². The first-order valence-corrected chi connectivity index (χ1v) is 11.9. The molecule has 198 valence electrons. The zero-order valence-electron chi connectivity index (χ0n) is 19.2. The van der Waals surface area contributed by atoms with E-state index in [1.54, 1.807) is 0 Å². The van der Waals surface area contributed by atoms with Crippen molar-refractivity contribution in [1.82, 2.24) is 14.1 Å². The van der Waals surface area contributed by atoms with E-state index in [-0.39, 0.29) is 27.9 Å². The number of rotatable bonds is 8. The Hall–Kier alpha value is -4.34. The maximum absolute atomic E-state index is 12.6. The van der Waals surface area contributed by atoms with E-state index in [0.29, 0.717) is 12.1 Å². The number of halogens is 3. The molecule has 37 heavy (non-hydrogen) atoms. The number of nitrogens with zero attached hydrogens (tertiary/aromatic N) is 3. The van der Waals surface area contributed by atoms with Crippen LogP contribution in [0.3, 0.4) is 0 Å². The highest BCUT2D eigenvalue weighted by atomic mass is 32.2. The number of aromatic carboxylic acids is 1. The van der Waals surface area contributed by atoms with Gasteiger partial charge >= 0.3 is 18.2 Å². The molecule has 0 saturated carbocycles. The van der Waals surface area contributed by atoms with E-state index >= 15 is 0 Å². The molecule has 1 aromatic carbocycles. The smallest absolute Gasteiger partial charge is 0.416 e. The summed E-state index contributed by atoms with van der Waals surface area (Å²) in [5, 5.41) is 13.8. The number of ether oxygens (including phenoxy) is 1. The van der Waals surface area contributed by atoms with Gasteiger partial charge in [-0.3, -0.25) is 10.1 Å². The number of anilines is 2. The SMILES string of the molecule is Cn1cc(NC(=O)OCCS(=O)(=O)c2ccc(C(F)(F)F)cc2)cc1C(=O)Nc1cn(C)c(C(=O)O)n1. The number of carboxylic acid groups (broad SMARTS) is 1. The zero-order valence-corrected chi connectivity index (χ0v) is 20.1. The summed E-state index contributed by atoms with van der Waals surface area (Å²) in [5.74, 6) is -2.89. The first kappa shape index (κ1) is 27.3. The van der Waals surface area contributed by atoms with Gasteiger partial charge in [-0.05, 0) is 30.3 Å². The lowest BCUT2D eigenvalue weighted by molar-refractivity contribution is -0.137. The molecule has 0 aliphatic heterocycles. The predicted molar refractivity (Wildman–Crippen MR) is 122 cm³/mol. The number of amides is 2. The summed E-state index contributed by atoms with van der Waals surface area (Å²) in [4.78, 5) is 39.1. The highest BCUT2D eigenvalue weighted by Gasteiger charge is 2.30. The minimum absolute atomic E-state index is 0.00530. The van der Waals surface area contributed by atoms with Crippen LogP contribution in [-0.2, 0) is 34.8 Å². The third-order valence-corrected chi connectivity index (χ3v) is 6.61. The Kier molecular flexibility index (Phi) is 7.61. The topological polar surface area (TPSA) is 162 Å². The van der Waals surface area contributed by atoms with Gasteiger partial charge in [0.1, 0.15) is 12.3 Å². The van der Waals surface area contributed by atoms with E-state index in [9.17, 15) is 36.0 Å². The minimum atomic E-state index is -4.61. The second-order valence-electron chi connectivity index (χ2n) is 7.65. The number of hydrogen-bond donors (Lipinski definition) is 3. The second-order valence-corrected chi connectivity index (χ2v) is 9.76. The summed E-state index contributed by atoms with van der Waals surface area (Å²) < 4.78 is 69.9. The third kappa shape index (κ3) is 6.66. The maximum Gasteiger partial charge on any atom is 0.416 e. The van der Waals surface area contributed by atoms with Crippen molar-refractivity contribution in [3.8, 4) is 0 Å². The second kappa shape index (κ2) is 10.3. The van der Waals surface area contributed by atoms with Gasteiger partial charge in [0.05, 0.1) is 21.9 Å². The van der Waals surface area contributed by atoms with E-state index in [2.05, 4.69) is 15.6 Å². The normalized spacial score (nSPS) is 11.7. The first-order chi connectivity index (χ1) is 17.2. The number of alkyl halides is 3. The summed E-state index contributed by atoms with van der Waals surface area (Å²) in [6.45, 7) is -0.582. The molecule has 0 aliphatic carbocycles. The number of nitrogens with one attached hydrogen (secondary N) is 2. The molecule has 0 saturated heterocycles. The van der Waals surface area contributed by atoms with Crippen LogP contribution in [-0.4, -0.2) is 58.0 Å². The first-order valence-electron chi connectivity index (χ1n) is 10.3. The van der Waals surface area contributed by atoms with Crippen molar-refractivity contribution >= 4 is 39.3 Å². The van der Waals surface area contributed by atoms with Crippen molar-refractivity contribution in [1.29, 1.82) is 0 Å². The van der Waals surface area contributed by atoms with Crippen molar-refractivity contribution < 1.29 is 45.8 Å². The number of imidazole rings is 1. The van der Waals surface area contributed by atoms with Gasteiger partial charge in [0.15, 0.2) is 15.7 Å². The number of sulfone groups is 1. The molecule has 2 heterocycles. The third-order valence-electron chi connectivity index (χ3n) is 4.92. The van der Waals surface area contributed by atoms with Gasteiger partial charge in [0.2, 0.25) is 5.82 Å². The Balaban J connectivity index is 1.55. The predicted octanol–water partition coefficient (Wildman–Crippen LogP) is 2.75. The molecular formula is C21H20F3N5O7S. The van der Waals surface area contributed by atoms with E-state index in [1.165, 1.54) is 41.7 Å². The molecule has 3 N–H and O–H groups in total. The molecule has 3 aromatic rings. The van der Waals surface area contributed by atoms with Gasteiger partial charge in [-0.1, -0.05) is 0 Å². The largest absolute Gasteiger partial charge is 0.475 e. The number of carbonyl (C=O) groups excluding carboxylic acids is 2. The number of benzene rings is 1. The minimum Gasteiger partial charge on any atom is -0.475 e. The summed E-state index contributed by atoms with van der Waals surface area (Å²) >= 11 is 0. The van der Waals surface area contributed by atoms with Gasteiger partial charge in [0, 0.05) is 26.5 Å². The fraction of sp³-hybridized carbons (Fsp3) is 0.238. The van der Waals surface area contributed by atoms with Crippen LogP contribution >= 0.6 is 0 Å². The molecule has 0 bridgehead atoms. The van der Waals surface area contributed by atoms with Crippen LogP contribution in [0.4, 0.5) is 29.5 Å². The number of carbonyl (C=O) groups is 3. The lowest BCUT2D eigenvalue weighted by Gasteiger charge is -2.09. The lowest BCUT2D eigenvalue weighted by atomic mass is 10.2. The van der Waals surface area contributed by atoms with Gasteiger partial charge in [-0.15, -0.1) is 0 Å². The van der Waals surface area contributed by atoms with Crippen LogP contribution in [0.1, 0.15) is 26.7 Å². The lowest BCUT2D eigenvalue weighted by Crippen LogP contribution is -2.19. The van der Waals surface area contributed by atoms with E-state index in [1.807, 2.05) is 0 Å². The highest BCUT2D eigenvalue weighted by molar-refractivity contribution is 7.91. The van der Waals surface area contributed by atoms with Crippen LogP contribution in [0.2, 0.25) is 0 Å². The van der Waals surface area contributed by atoms with Crippen LogP contribution in [0.25, 0.3) is 0 Å². The highest BCUT2D eigenvalue weighted by Crippen LogP contribution is 2.29. The van der Waals surface area contributed by atoms with Crippen LogP contribution in [0.5, 0.6) is 0 Å². The molecular weight excluding hydrogens is 523 g/mol. The number of aromatic nitrogens is 3. The quantitative estimate of drug-likeness (QED) is 0.391. The van der Waals surface area contributed by atoms with Crippen molar-refractivity contribution in [3.63, 3.8) is 0 Å². The number of hydrogen-bond acceptors (Lipinski definition) is 7. The average Bonchev–Trinajstić information content (AvgIpc) is 3.34. The standard InChI is InChI=1S/C21H20F3N5O7S/c1-28-10-13(9-15(28)18(30)27-16-11-29(2)17(26-16)19(31)32)25-20(33)36-7-8-37(34,35)14-5-3-12(4-6-14)21(22,23)24/h3-6,9-11H,7-8H2,1-2H3,(H,25,33)(H,27,30)(H,31,32). The molecule has 3 rings (SSSR count). The molecule has 12 nitrogen and oxygen atoms in total. The van der Waals surface area contributed by atoms with Gasteiger partial charge in [-0.2, -0.15) is 13.2 Å². The summed E-state index contributed by atoms with van der Waals surface area (Å²) in [6.07, 6.45) is -2.96. The van der Waals surface area contributed by atoms with Gasteiger partial charge in [-0.25, -0.2) is 23.0 Å². The maximum atomic E-state index is 12.6. The Morgan fingerprint density at radius 2 is 1.70 bits per heavy atom. The number of carboxylic acids is 1. The van der Waals surface area contributed by atoms with Gasteiger partial charge < -0.3 is 24.3 Å². The number of aryl methyl sites for hydroxylation is 2. The van der Waals surface area contributed by atoms with Crippen molar-refractivity contribution in [2.45, 2.75) is 11.1 Å². The Labute approximate surface area is 207 Å². The summed E-state index contributed by atoms with van der Waals surface area (Å²) in [6, 6.07) is 4.21. The van der Waals surface area contributed by atoms with Crippen molar-refractivity contribution in [2.24, 2.45) is 14.1 Å². The fourth-order valence-electron chi connectivity index (χ4n) is 3.13. The molecule has 0 unspecified atom stereocenters. The monoisotopic (exact) mass is 543 g/mol. The molecule has 0 aliphatic rings. The molecule has 0 fully saturated rings. The average molecular weight is 543 g/mol. The summed E-state index contributed by atoms with van der Waals surface area (Å²) in [7, 11) is -1.07. The molecule has 2 amide bonds. The van der Waals surface area contributed by atoms with E-state index in [4.69, 9.17) is 9.84 Å². The fourth-order valence-corrected chi connectivity index (χ4v) is 4.22. The van der Waals surface area contributed by atoms with Crippen LogP contribution in [0.15, 0.2) is 47.6 Å². The van der Waals surface area contributed by atoms with E-state index < -0.39 is 51.9 Å². The Morgan fingerprint density at radius 3 is 2.27 bits per heavy atom. The van der Waals surface area contributed by atoms with Crippen LogP contribution in [0, 0.1) is 0 Å². The Bertz CT molecular complexity index is 1440. The van der Waals surface area contributed by atoms with Gasteiger partial charge in [0.25, 0.3) is 5.91 Å². The van der Waals surface area contributed by atoms with Crippen molar-refractivity contribution in [2.75, 3.05) is 23.0 Å². The molecule has 2 aromatic heterocycles. The zero-order chi connectivity index (χ0) is 27.5. The Morgan fingerprint density at radius 1 is 1.05 bits per heavy atom. The van der Waals surface area contributed by atoms with Crippen LogP contribution < -0.4 is 10.6 Å². The molecule has 0 spiro atoms. The molecule has 16 heteroatoms. The molecule has 0 atom stereocenters. The summed E-state index contributed by atoms with van der Waals surface area (Å²) in [5.41, 5.74) is -0.791. The van der Waals surface area contributed by atoms with E-state index in [0.717, 1.165) is 12.1 Å². The molecule has 0 radical (unpaired) electrons.